The molecule has 0 aromatic carbocycles. The molecule has 1 saturated carbocycles. The van der Waals surface area contributed by atoms with Crippen LogP contribution in [0.2, 0.25) is 0 Å². The van der Waals surface area contributed by atoms with E-state index in [2.05, 4.69) is 38.9 Å². The largest absolute Gasteiger partial charge is 0.269 e. The third-order valence-corrected chi connectivity index (χ3v) is 4.99. The second-order valence-corrected chi connectivity index (χ2v) is 7.23. The van der Waals surface area contributed by atoms with Gasteiger partial charge in [-0.25, -0.2) is 0 Å². The van der Waals surface area contributed by atoms with Gasteiger partial charge >= 0.3 is 0 Å². The predicted octanol–water partition coefficient (Wildman–Crippen LogP) is 5.86. The van der Waals surface area contributed by atoms with Crippen LogP contribution in [0.3, 0.4) is 0 Å². The van der Waals surface area contributed by atoms with E-state index in [1.165, 1.54) is 38.5 Å². The van der Waals surface area contributed by atoms with Gasteiger partial charge in [0.05, 0.1) is 0 Å². The standard InChI is InChI=1S/C18H33N/c1-6-13-19-14-17-10-8-12-18(4,5)11-7-9-15(2)16(17)3/h6,13-17H,7-12H2,1-5H3/b13-6-,19-14?/t15-,16?,17?/m0/s1. The van der Waals surface area contributed by atoms with Gasteiger partial charge in [0.25, 0.3) is 0 Å². The van der Waals surface area contributed by atoms with Crippen LogP contribution in [0.15, 0.2) is 17.3 Å². The fourth-order valence-corrected chi connectivity index (χ4v) is 3.25. The molecule has 0 radical (unpaired) electrons. The van der Waals surface area contributed by atoms with Crippen molar-refractivity contribution >= 4 is 6.21 Å². The molecule has 0 N–H and O–H groups in total. The average molecular weight is 263 g/mol. The number of hydrogen-bond acceptors (Lipinski definition) is 1. The van der Waals surface area contributed by atoms with Crippen molar-refractivity contribution in [3.63, 3.8) is 0 Å². The van der Waals surface area contributed by atoms with Crippen molar-refractivity contribution in [1.82, 2.24) is 0 Å². The first kappa shape index (κ1) is 16.5. The summed E-state index contributed by atoms with van der Waals surface area (Å²) < 4.78 is 0. The molecule has 2 unspecified atom stereocenters. The minimum absolute atomic E-state index is 0.533. The lowest BCUT2D eigenvalue weighted by Crippen LogP contribution is -2.23. The van der Waals surface area contributed by atoms with Gasteiger partial charge in [0.1, 0.15) is 0 Å². The molecule has 0 spiro atoms. The minimum Gasteiger partial charge on any atom is -0.269 e. The van der Waals surface area contributed by atoms with Gasteiger partial charge in [-0.05, 0) is 49.4 Å². The van der Waals surface area contributed by atoms with Crippen LogP contribution in [0, 0.1) is 23.2 Å². The molecular formula is C18H33N. The van der Waals surface area contributed by atoms with E-state index in [1.54, 1.807) is 0 Å². The normalized spacial score (nSPS) is 33.8. The lowest BCUT2D eigenvalue weighted by atomic mass is 9.74. The second-order valence-electron chi connectivity index (χ2n) is 7.23. The number of allylic oxidation sites excluding steroid dienone is 1. The van der Waals surface area contributed by atoms with Crippen molar-refractivity contribution in [2.24, 2.45) is 28.2 Å². The van der Waals surface area contributed by atoms with Crippen molar-refractivity contribution in [2.45, 2.75) is 73.1 Å². The van der Waals surface area contributed by atoms with Gasteiger partial charge in [0, 0.05) is 12.4 Å². The molecule has 1 heteroatoms. The Morgan fingerprint density at radius 1 is 1.05 bits per heavy atom. The summed E-state index contributed by atoms with van der Waals surface area (Å²) in [5.74, 6) is 2.23. The van der Waals surface area contributed by atoms with Crippen LogP contribution in [0.4, 0.5) is 0 Å². The van der Waals surface area contributed by atoms with Gasteiger partial charge < -0.3 is 0 Å². The molecule has 1 aliphatic rings. The van der Waals surface area contributed by atoms with E-state index in [9.17, 15) is 0 Å². The zero-order valence-electron chi connectivity index (χ0n) is 13.7. The highest BCUT2D eigenvalue weighted by Gasteiger charge is 2.25. The smallest absolute Gasteiger partial charge is 0.0221 e. The van der Waals surface area contributed by atoms with Crippen molar-refractivity contribution in [2.75, 3.05) is 0 Å². The zero-order chi connectivity index (χ0) is 14.3. The molecule has 0 amide bonds. The number of nitrogens with zero attached hydrogens (tertiary/aromatic N) is 1. The monoisotopic (exact) mass is 263 g/mol. The first-order chi connectivity index (χ1) is 8.96. The maximum atomic E-state index is 4.46. The SMILES string of the molecule is C/C=C\N=CC1CCCC(C)(C)CCC[C@H](C)C1C. The molecule has 3 atom stereocenters. The number of aliphatic imine (C=N–C) groups is 1. The zero-order valence-corrected chi connectivity index (χ0v) is 13.7. The van der Waals surface area contributed by atoms with Crippen molar-refractivity contribution < 1.29 is 0 Å². The Morgan fingerprint density at radius 2 is 1.68 bits per heavy atom. The Morgan fingerprint density at radius 3 is 2.32 bits per heavy atom. The lowest BCUT2D eigenvalue weighted by Gasteiger charge is -2.32. The van der Waals surface area contributed by atoms with Gasteiger partial charge in [-0.2, -0.15) is 0 Å². The van der Waals surface area contributed by atoms with Crippen LogP contribution in [0.1, 0.15) is 73.1 Å². The molecule has 1 fully saturated rings. The third-order valence-electron chi connectivity index (χ3n) is 4.99. The van der Waals surface area contributed by atoms with Gasteiger partial charge in [-0.3, -0.25) is 4.99 Å². The van der Waals surface area contributed by atoms with Crippen LogP contribution < -0.4 is 0 Å². The topological polar surface area (TPSA) is 12.4 Å². The summed E-state index contributed by atoms with van der Waals surface area (Å²) in [5, 5.41) is 0. The molecule has 0 aromatic rings. The highest BCUT2D eigenvalue weighted by Crippen LogP contribution is 2.36. The molecule has 1 aliphatic carbocycles. The summed E-state index contributed by atoms with van der Waals surface area (Å²) in [4.78, 5) is 4.46. The van der Waals surface area contributed by atoms with E-state index >= 15 is 0 Å². The molecule has 19 heavy (non-hydrogen) atoms. The van der Waals surface area contributed by atoms with Crippen LogP contribution in [-0.2, 0) is 0 Å². The molecule has 0 aliphatic heterocycles. The van der Waals surface area contributed by atoms with Gasteiger partial charge in [-0.1, -0.05) is 53.0 Å². The third kappa shape index (κ3) is 5.93. The average Bonchev–Trinajstić information content (AvgIpc) is 2.35. The van der Waals surface area contributed by atoms with E-state index < -0.39 is 0 Å². The summed E-state index contributed by atoms with van der Waals surface area (Å²) in [5.41, 5.74) is 0.533. The van der Waals surface area contributed by atoms with Gasteiger partial charge in [0.15, 0.2) is 0 Å². The van der Waals surface area contributed by atoms with Crippen molar-refractivity contribution in [1.29, 1.82) is 0 Å². The number of hydrogen-bond donors (Lipinski definition) is 0. The molecule has 1 nitrogen and oxygen atoms in total. The Hall–Kier alpha value is -0.590. The summed E-state index contributed by atoms with van der Waals surface area (Å²) in [7, 11) is 0. The first-order valence-electron chi connectivity index (χ1n) is 8.11. The van der Waals surface area contributed by atoms with E-state index in [0.29, 0.717) is 11.3 Å². The maximum Gasteiger partial charge on any atom is 0.0221 e. The Balaban J connectivity index is 2.70. The molecule has 0 bridgehead atoms. The fraction of sp³-hybridized carbons (Fsp3) is 0.833. The Bertz CT molecular complexity index is 301. The van der Waals surface area contributed by atoms with Crippen LogP contribution in [-0.4, -0.2) is 6.21 Å². The molecule has 0 saturated heterocycles. The molecule has 110 valence electrons. The van der Waals surface area contributed by atoms with Crippen LogP contribution in [0.25, 0.3) is 0 Å². The van der Waals surface area contributed by atoms with Gasteiger partial charge in [0.2, 0.25) is 0 Å². The molecule has 0 heterocycles. The molecule has 1 rings (SSSR count). The highest BCUT2D eigenvalue weighted by molar-refractivity contribution is 5.61. The van der Waals surface area contributed by atoms with E-state index in [-0.39, 0.29) is 0 Å². The predicted molar refractivity (Wildman–Crippen MR) is 86.6 cm³/mol. The van der Waals surface area contributed by atoms with Crippen molar-refractivity contribution in [3.05, 3.63) is 12.3 Å². The quantitative estimate of drug-likeness (QED) is 0.553. The fourth-order valence-electron chi connectivity index (χ4n) is 3.25. The summed E-state index contributed by atoms with van der Waals surface area (Å²) in [6, 6.07) is 0. The summed E-state index contributed by atoms with van der Waals surface area (Å²) >= 11 is 0. The summed E-state index contributed by atoms with van der Waals surface area (Å²) in [6.07, 6.45) is 14.3. The lowest BCUT2D eigenvalue weighted by molar-refractivity contribution is 0.217. The van der Waals surface area contributed by atoms with E-state index in [0.717, 1.165) is 11.8 Å². The van der Waals surface area contributed by atoms with Crippen LogP contribution >= 0.6 is 0 Å². The Labute approximate surface area is 120 Å². The maximum absolute atomic E-state index is 4.46. The molecular weight excluding hydrogens is 230 g/mol. The second kappa shape index (κ2) is 7.87. The van der Waals surface area contributed by atoms with E-state index in [4.69, 9.17) is 0 Å². The van der Waals surface area contributed by atoms with E-state index in [1.807, 2.05) is 19.2 Å². The molecule has 0 aromatic heterocycles. The summed E-state index contributed by atoms with van der Waals surface area (Å²) in [6.45, 7) is 11.7. The first-order valence-corrected chi connectivity index (χ1v) is 8.11. The van der Waals surface area contributed by atoms with Crippen molar-refractivity contribution in [3.8, 4) is 0 Å². The number of rotatable bonds is 2. The van der Waals surface area contributed by atoms with Gasteiger partial charge in [-0.15, -0.1) is 0 Å². The van der Waals surface area contributed by atoms with Crippen LogP contribution in [0.5, 0.6) is 0 Å². The highest BCUT2D eigenvalue weighted by atomic mass is 14.7. The Kier molecular flexibility index (Phi) is 6.82. The minimum atomic E-state index is 0.533.